The minimum atomic E-state index is -1.11. The molecule has 1 aliphatic rings. The van der Waals surface area contributed by atoms with Crippen LogP contribution in [0.3, 0.4) is 0 Å². The van der Waals surface area contributed by atoms with Crippen molar-refractivity contribution in [1.82, 2.24) is 0 Å². The quantitative estimate of drug-likeness (QED) is 0.917. The zero-order valence-electron chi connectivity index (χ0n) is 11.5. The summed E-state index contributed by atoms with van der Waals surface area (Å²) in [6.07, 6.45) is -0.213. The summed E-state index contributed by atoms with van der Waals surface area (Å²) in [4.78, 5) is 23.5. The van der Waals surface area contributed by atoms with Crippen LogP contribution in [0.5, 0.6) is 5.75 Å². The molecule has 0 fully saturated rings. The second kappa shape index (κ2) is 5.05. The summed E-state index contributed by atoms with van der Waals surface area (Å²) in [7, 11) is 0. The van der Waals surface area contributed by atoms with E-state index in [-0.39, 0.29) is 29.4 Å². The van der Waals surface area contributed by atoms with Gasteiger partial charge in [0, 0.05) is 0 Å². The highest BCUT2D eigenvalue weighted by atomic mass is 16.5. The molecule has 4 heteroatoms. The number of hydrogen-bond donors (Lipinski definition) is 1. The molecule has 1 unspecified atom stereocenters. The number of carbonyl (C=O) groups excluding carboxylic acids is 1. The number of aromatic carboxylic acids is 1. The number of ether oxygens (including phenoxy) is 1. The molecule has 0 bridgehead atoms. The Morgan fingerprint density at radius 1 is 1.19 bits per heavy atom. The second-order valence-electron chi connectivity index (χ2n) is 5.13. The van der Waals surface area contributed by atoms with Gasteiger partial charge in [0.2, 0.25) is 0 Å². The van der Waals surface area contributed by atoms with Gasteiger partial charge in [0.05, 0.1) is 17.5 Å². The molecule has 1 heterocycles. The first kappa shape index (κ1) is 13.4. The third-order valence-electron chi connectivity index (χ3n) is 3.62. The molecule has 1 N–H and O–H groups in total. The van der Waals surface area contributed by atoms with Gasteiger partial charge in [-0.3, -0.25) is 4.79 Å². The molecule has 1 aliphatic heterocycles. The Labute approximate surface area is 122 Å². The number of aryl methyl sites for hydroxylation is 1. The Morgan fingerprint density at radius 3 is 2.57 bits per heavy atom. The van der Waals surface area contributed by atoms with Gasteiger partial charge >= 0.3 is 5.97 Å². The number of rotatable bonds is 2. The van der Waals surface area contributed by atoms with Gasteiger partial charge in [-0.25, -0.2) is 4.79 Å². The maximum absolute atomic E-state index is 12.3. The van der Waals surface area contributed by atoms with E-state index in [1.807, 2.05) is 31.2 Å². The molecule has 0 aromatic heterocycles. The number of fused-ring (bicyclic) bond motifs is 1. The van der Waals surface area contributed by atoms with Crippen LogP contribution in [-0.2, 0) is 0 Å². The summed E-state index contributed by atoms with van der Waals surface area (Å²) in [5, 5.41) is 9.16. The summed E-state index contributed by atoms with van der Waals surface area (Å²) >= 11 is 0. The van der Waals surface area contributed by atoms with Crippen LogP contribution in [0, 0.1) is 6.92 Å². The van der Waals surface area contributed by atoms with Gasteiger partial charge in [0.25, 0.3) is 0 Å². The molecule has 2 aromatic rings. The normalized spacial score (nSPS) is 17.0. The zero-order valence-corrected chi connectivity index (χ0v) is 11.5. The Hall–Kier alpha value is -2.62. The molecule has 2 aromatic carbocycles. The third kappa shape index (κ3) is 2.40. The highest BCUT2D eigenvalue weighted by Crippen LogP contribution is 2.36. The molecule has 0 amide bonds. The Balaban J connectivity index is 2.00. The van der Waals surface area contributed by atoms with Crippen LogP contribution < -0.4 is 4.74 Å². The largest absolute Gasteiger partial charge is 0.484 e. The van der Waals surface area contributed by atoms with Crippen molar-refractivity contribution in [3.05, 3.63) is 64.7 Å². The van der Waals surface area contributed by atoms with Gasteiger partial charge in [0.15, 0.2) is 5.78 Å². The van der Waals surface area contributed by atoms with Crippen molar-refractivity contribution in [2.75, 3.05) is 0 Å². The minimum absolute atomic E-state index is 0.000133. The van der Waals surface area contributed by atoms with Crippen LogP contribution in [0.15, 0.2) is 42.5 Å². The Kier molecular flexibility index (Phi) is 3.22. The average Bonchev–Trinajstić information content (AvgIpc) is 2.47. The third-order valence-corrected chi connectivity index (χ3v) is 3.62. The van der Waals surface area contributed by atoms with E-state index in [0.29, 0.717) is 5.75 Å². The molecule has 3 rings (SSSR count). The molecular weight excluding hydrogens is 268 g/mol. The van der Waals surface area contributed by atoms with Gasteiger partial charge in [-0.2, -0.15) is 0 Å². The molecule has 4 nitrogen and oxygen atoms in total. The van der Waals surface area contributed by atoms with E-state index in [9.17, 15) is 9.59 Å². The summed E-state index contributed by atoms with van der Waals surface area (Å²) < 4.78 is 5.83. The summed E-state index contributed by atoms with van der Waals surface area (Å²) in [6, 6.07) is 12.4. The van der Waals surface area contributed by atoms with Crippen molar-refractivity contribution in [1.29, 1.82) is 0 Å². The maximum atomic E-state index is 12.3. The Bertz CT molecular complexity index is 716. The van der Waals surface area contributed by atoms with Crippen LogP contribution in [0.1, 0.15) is 44.4 Å². The average molecular weight is 282 g/mol. The molecule has 0 spiro atoms. The van der Waals surface area contributed by atoms with Crippen molar-refractivity contribution in [3.63, 3.8) is 0 Å². The molecule has 0 aliphatic carbocycles. The summed E-state index contributed by atoms with van der Waals surface area (Å²) in [5.74, 6) is -0.964. The highest BCUT2D eigenvalue weighted by Gasteiger charge is 2.31. The summed E-state index contributed by atoms with van der Waals surface area (Å²) in [5.41, 5.74) is 2.22. The van der Waals surface area contributed by atoms with Crippen LogP contribution in [-0.4, -0.2) is 16.9 Å². The number of carboxylic acid groups (broad SMARTS) is 1. The SMILES string of the molecule is Cc1ccc(C2CC(=O)c3c(cccc3C(=O)O)O2)cc1. The lowest BCUT2D eigenvalue weighted by atomic mass is 9.93. The van der Waals surface area contributed by atoms with Gasteiger partial charge in [0.1, 0.15) is 11.9 Å². The molecule has 0 saturated heterocycles. The minimum Gasteiger partial charge on any atom is -0.484 e. The lowest BCUT2D eigenvalue weighted by Gasteiger charge is -2.26. The molecule has 21 heavy (non-hydrogen) atoms. The zero-order chi connectivity index (χ0) is 15.0. The highest BCUT2D eigenvalue weighted by molar-refractivity contribution is 6.08. The van der Waals surface area contributed by atoms with Crippen LogP contribution in [0.2, 0.25) is 0 Å². The lowest BCUT2D eigenvalue weighted by molar-refractivity contribution is 0.0681. The number of carbonyl (C=O) groups is 2. The van der Waals surface area contributed by atoms with E-state index in [1.54, 1.807) is 12.1 Å². The van der Waals surface area contributed by atoms with Crippen LogP contribution in [0.4, 0.5) is 0 Å². The first-order chi connectivity index (χ1) is 10.1. The molecule has 1 atom stereocenters. The fourth-order valence-corrected chi connectivity index (χ4v) is 2.53. The molecule has 106 valence electrons. The van der Waals surface area contributed by atoms with Crippen molar-refractivity contribution >= 4 is 11.8 Å². The monoisotopic (exact) mass is 282 g/mol. The first-order valence-electron chi connectivity index (χ1n) is 6.69. The van der Waals surface area contributed by atoms with Crippen molar-refractivity contribution in [2.24, 2.45) is 0 Å². The van der Waals surface area contributed by atoms with Crippen LogP contribution >= 0.6 is 0 Å². The number of carboxylic acids is 1. The smallest absolute Gasteiger partial charge is 0.336 e. The fraction of sp³-hybridized carbons (Fsp3) is 0.176. The van der Waals surface area contributed by atoms with Crippen molar-refractivity contribution in [3.8, 4) is 5.75 Å². The van der Waals surface area contributed by atoms with Gasteiger partial charge in [-0.15, -0.1) is 0 Å². The molecule has 0 radical (unpaired) electrons. The van der Waals surface area contributed by atoms with E-state index < -0.39 is 5.97 Å². The predicted octanol–water partition coefficient (Wildman–Crippen LogP) is 3.40. The summed E-state index contributed by atoms with van der Waals surface area (Å²) in [6.45, 7) is 1.99. The number of ketones is 1. The molecule has 0 saturated carbocycles. The second-order valence-corrected chi connectivity index (χ2v) is 5.13. The molecular formula is C17H14O4. The maximum Gasteiger partial charge on any atom is 0.336 e. The van der Waals surface area contributed by atoms with Crippen molar-refractivity contribution < 1.29 is 19.4 Å². The van der Waals surface area contributed by atoms with Crippen LogP contribution in [0.25, 0.3) is 0 Å². The van der Waals surface area contributed by atoms with Gasteiger partial charge in [-0.1, -0.05) is 35.9 Å². The van der Waals surface area contributed by atoms with Crippen molar-refractivity contribution in [2.45, 2.75) is 19.4 Å². The number of Topliss-reactive ketones (excluding diaryl/α,β-unsaturated/α-hetero) is 1. The number of benzene rings is 2. The lowest BCUT2D eigenvalue weighted by Crippen LogP contribution is -2.22. The fourth-order valence-electron chi connectivity index (χ4n) is 2.53. The van der Waals surface area contributed by atoms with E-state index in [2.05, 4.69) is 0 Å². The first-order valence-corrected chi connectivity index (χ1v) is 6.69. The van der Waals surface area contributed by atoms with E-state index in [1.165, 1.54) is 6.07 Å². The standard InChI is InChI=1S/C17H14O4/c1-10-5-7-11(8-6-10)15-9-13(18)16-12(17(19)20)3-2-4-14(16)21-15/h2-8,15H,9H2,1H3,(H,19,20). The predicted molar refractivity (Wildman–Crippen MR) is 76.9 cm³/mol. The topological polar surface area (TPSA) is 63.6 Å². The number of hydrogen-bond acceptors (Lipinski definition) is 3. The van der Waals surface area contributed by atoms with Gasteiger partial charge in [-0.05, 0) is 24.6 Å². The van der Waals surface area contributed by atoms with E-state index in [4.69, 9.17) is 9.84 Å². The van der Waals surface area contributed by atoms with Gasteiger partial charge < -0.3 is 9.84 Å². The Morgan fingerprint density at radius 2 is 1.90 bits per heavy atom. The van der Waals surface area contributed by atoms with E-state index >= 15 is 0 Å². The van der Waals surface area contributed by atoms with E-state index in [0.717, 1.165) is 11.1 Å².